The van der Waals surface area contributed by atoms with E-state index in [9.17, 15) is 9.59 Å². The Hall–Kier alpha value is -1.29. The summed E-state index contributed by atoms with van der Waals surface area (Å²) in [5, 5.41) is -0.485. The molecule has 0 heterocycles. The molecule has 0 radical (unpaired) electrons. The van der Waals surface area contributed by atoms with Crippen molar-refractivity contribution in [1.82, 2.24) is 4.90 Å². The first kappa shape index (κ1) is 15.8. The molecule has 19 heavy (non-hydrogen) atoms. The Morgan fingerprint density at radius 3 is 2.37 bits per heavy atom. The summed E-state index contributed by atoms with van der Waals surface area (Å²) in [6.07, 6.45) is 4.81. The molecule has 4 nitrogen and oxygen atoms in total. The zero-order chi connectivity index (χ0) is 14.8. The number of likely N-dealkylation sites (N-methyl/N-ethyl adjacent to an activating group) is 1. The number of hydrogen-bond acceptors (Lipinski definition) is 3. The zero-order valence-corrected chi connectivity index (χ0v) is 12.7. The van der Waals surface area contributed by atoms with E-state index in [4.69, 9.17) is 16.3 Å². The van der Waals surface area contributed by atoms with Crippen LogP contribution >= 0.6 is 11.6 Å². The largest absolute Gasteiger partial charge is 0.444 e. The molecule has 0 saturated heterocycles. The topological polar surface area (TPSA) is 46.6 Å². The van der Waals surface area contributed by atoms with Crippen molar-refractivity contribution in [2.75, 3.05) is 7.05 Å². The van der Waals surface area contributed by atoms with Gasteiger partial charge < -0.3 is 9.64 Å². The highest BCUT2D eigenvalue weighted by atomic mass is 35.5. The number of amides is 1. The Labute approximate surface area is 119 Å². The molecule has 0 spiro atoms. The van der Waals surface area contributed by atoms with Crippen LogP contribution in [0.2, 0.25) is 0 Å². The van der Waals surface area contributed by atoms with Crippen LogP contribution in [0.15, 0.2) is 23.8 Å². The van der Waals surface area contributed by atoms with Gasteiger partial charge in [-0.2, -0.15) is 0 Å². The minimum atomic E-state index is -0.528. The molecular weight excluding hydrogens is 266 g/mol. The second-order valence-corrected chi connectivity index (χ2v) is 6.04. The number of hydrogen-bond donors (Lipinski definition) is 0. The first-order valence-electron chi connectivity index (χ1n) is 6.17. The van der Waals surface area contributed by atoms with E-state index in [1.165, 1.54) is 4.90 Å². The summed E-state index contributed by atoms with van der Waals surface area (Å²) < 4.78 is 5.31. The Bertz CT molecular complexity index is 434. The summed E-state index contributed by atoms with van der Waals surface area (Å²) in [7, 11) is 1.68. The first-order chi connectivity index (χ1) is 8.61. The third-order valence-corrected chi connectivity index (χ3v) is 3.03. The number of carbonyl (C=O) groups excluding carboxylic acids is 2. The highest BCUT2D eigenvalue weighted by Crippen LogP contribution is 2.23. The van der Waals surface area contributed by atoms with Crippen LogP contribution in [0.4, 0.5) is 4.79 Å². The van der Waals surface area contributed by atoms with Gasteiger partial charge in [-0.1, -0.05) is 25.2 Å². The first-order valence-corrected chi connectivity index (χ1v) is 6.55. The van der Waals surface area contributed by atoms with Gasteiger partial charge in [0.2, 0.25) is 0 Å². The van der Waals surface area contributed by atoms with Gasteiger partial charge in [-0.05, 0) is 38.3 Å². The van der Waals surface area contributed by atoms with Crippen molar-refractivity contribution in [3.63, 3.8) is 0 Å². The fourth-order valence-electron chi connectivity index (χ4n) is 1.88. The van der Waals surface area contributed by atoms with Crippen LogP contribution in [0.1, 0.15) is 27.7 Å². The van der Waals surface area contributed by atoms with Crippen molar-refractivity contribution in [1.29, 1.82) is 0 Å². The van der Waals surface area contributed by atoms with E-state index in [1.54, 1.807) is 25.3 Å². The van der Waals surface area contributed by atoms with Gasteiger partial charge in [0.25, 0.3) is 5.24 Å². The summed E-state index contributed by atoms with van der Waals surface area (Å²) in [6, 6.07) is -0.144. The quantitative estimate of drug-likeness (QED) is 0.732. The van der Waals surface area contributed by atoms with Crippen molar-refractivity contribution in [2.45, 2.75) is 39.3 Å². The average Bonchev–Trinajstić information content (AvgIpc) is 2.25. The van der Waals surface area contributed by atoms with Crippen molar-refractivity contribution in [3.8, 4) is 0 Å². The average molecular weight is 286 g/mol. The van der Waals surface area contributed by atoms with E-state index in [2.05, 4.69) is 0 Å². The van der Waals surface area contributed by atoms with E-state index >= 15 is 0 Å². The lowest BCUT2D eigenvalue weighted by Gasteiger charge is -2.33. The SMILES string of the molecule is CC1C=C(C(=O)Cl)C=CC1N(C)C(=O)OC(C)(C)C. The summed E-state index contributed by atoms with van der Waals surface area (Å²) in [5.41, 5.74) is -0.0666. The van der Waals surface area contributed by atoms with Crippen LogP contribution < -0.4 is 0 Å². The minimum absolute atomic E-state index is 0.000202. The minimum Gasteiger partial charge on any atom is -0.444 e. The molecule has 0 fully saturated rings. The lowest BCUT2D eigenvalue weighted by molar-refractivity contribution is -0.108. The number of nitrogens with zero attached hydrogens (tertiary/aromatic N) is 1. The lowest BCUT2D eigenvalue weighted by Crippen LogP contribution is -2.43. The normalized spacial score (nSPS) is 22.7. The van der Waals surface area contributed by atoms with E-state index in [0.717, 1.165) is 0 Å². The van der Waals surface area contributed by atoms with Crippen LogP contribution in [0.5, 0.6) is 0 Å². The van der Waals surface area contributed by atoms with E-state index in [1.807, 2.05) is 27.7 Å². The Morgan fingerprint density at radius 1 is 1.37 bits per heavy atom. The molecule has 2 unspecified atom stereocenters. The molecule has 1 rings (SSSR count). The molecule has 1 aliphatic rings. The molecule has 1 amide bonds. The van der Waals surface area contributed by atoms with Gasteiger partial charge in [0.1, 0.15) is 5.60 Å². The second kappa shape index (κ2) is 5.78. The van der Waals surface area contributed by atoms with Gasteiger partial charge in [0.15, 0.2) is 0 Å². The molecule has 0 bridgehead atoms. The molecule has 0 aromatic heterocycles. The predicted octanol–water partition coefficient (Wildman–Crippen LogP) is 3.12. The van der Waals surface area contributed by atoms with Crippen LogP contribution in [0.3, 0.4) is 0 Å². The van der Waals surface area contributed by atoms with E-state index < -0.39 is 10.8 Å². The number of rotatable bonds is 2. The number of carbonyl (C=O) groups is 2. The maximum absolute atomic E-state index is 12.0. The Morgan fingerprint density at radius 2 is 1.95 bits per heavy atom. The monoisotopic (exact) mass is 285 g/mol. The van der Waals surface area contributed by atoms with Gasteiger partial charge in [-0.3, -0.25) is 4.79 Å². The molecule has 0 aromatic rings. The number of ether oxygens (including phenoxy) is 1. The molecular formula is C14H20ClNO3. The van der Waals surface area contributed by atoms with Crippen LogP contribution in [0.25, 0.3) is 0 Å². The van der Waals surface area contributed by atoms with Crippen molar-refractivity contribution in [2.24, 2.45) is 5.92 Å². The number of halogens is 1. The maximum atomic E-state index is 12.0. The molecule has 0 aliphatic heterocycles. The van der Waals surface area contributed by atoms with Crippen molar-refractivity contribution < 1.29 is 14.3 Å². The third kappa shape index (κ3) is 4.39. The van der Waals surface area contributed by atoms with Gasteiger partial charge in [-0.15, -0.1) is 0 Å². The van der Waals surface area contributed by atoms with Gasteiger partial charge >= 0.3 is 6.09 Å². The van der Waals surface area contributed by atoms with Crippen LogP contribution in [-0.4, -0.2) is 34.9 Å². The van der Waals surface area contributed by atoms with Crippen molar-refractivity contribution >= 4 is 22.9 Å². The fraction of sp³-hybridized carbons (Fsp3) is 0.571. The highest BCUT2D eigenvalue weighted by Gasteiger charge is 2.28. The summed E-state index contributed by atoms with van der Waals surface area (Å²) in [4.78, 5) is 24.6. The fourth-order valence-corrected chi connectivity index (χ4v) is 2.01. The molecule has 1 aliphatic carbocycles. The molecule has 2 atom stereocenters. The molecule has 0 aromatic carbocycles. The lowest BCUT2D eigenvalue weighted by atomic mass is 9.92. The maximum Gasteiger partial charge on any atom is 0.410 e. The Balaban J connectivity index is 2.76. The molecule has 0 N–H and O–H groups in total. The third-order valence-electron chi connectivity index (χ3n) is 2.81. The highest BCUT2D eigenvalue weighted by molar-refractivity contribution is 6.68. The van der Waals surface area contributed by atoms with Crippen LogP contribution in [-0.2, 0) is 9.53 Å². The van der Waals surface area contributed by atoms with Crippen molar-refractivity contribution in [3.05, 3.63) is 23.8 Å². The summed E-state index contributed by atoms with van der Waals surface area (Å²) in [5.74, 6) is 0.000202. The Kier molecular flexibility index (Phi) is 4.80. The van der Waals surface area contributed by atoms with Crippen LogP contribution in [0, 0.1) is 5.92 Å². The predicted molar refractivity (Wildman–Crippen MR) is 75.0 cm³/mol. The van der Waals surface area contributed by atoms with Gasteiger partial charge in [-0.25, -0.2) is 4.79 Å². The molecule has 5 heteroatoms. The summed E-state index contributed by atoms with van der Waals surface area (Å²) in [6.45, 7) is 7.39. The van der Waals surface area contributed by atoms with Gasteiger partial charge in [0.05, 0.1) is 6.04 Å². The number of allylic oxidation sites excluding steroid dienone is 2. The van der Waals surface area contributed by atoms with E-state index in [-0.39, 0.29) is 18.1 Å². The summed E-state index contributed by atoms with van der Waals surface area (Å²) >= 11 is 5.44. The molecule has 106 valence electrons. The zero-order valence-electron chi connectivity index (χ0n) is 11.9. The smallest absolute Gasteiger partial charge is 0.410 e. The van der Waals surface area contributed by atoms with Gasteiger partial charge in [0, 0.05) is 12.6 Å². The molecule has 0 saturated carbocycles. The standard InChI is InChI=1S/C14H20ClNO3/c1-9-8-10(12(15)17)6-7-11(9)16(5)13(18)19-14(2,3)4/h6-9,11H,1-5H3. The second-order valence-electron chi connectivity index (χ2n) is 5.70. The van der Waals surface area contributed by atoms with E-state index in [0.29, 0.717) is 5.57 Å².